The number of sulfonamides is 1. The Labute approximate surface area is 90.4 Å². The van der Waals surface area contributed by atoms with Gasteiger partial charge in [-0.25, -0.2) is 8.42 Å². The van der Waals surface area contributed by atoms with Crippen LogP contribution >= 0.6 is 0 Å². The molecule has 0 aliphatic carbocycles. The average molecular weight is 235 g/mol. The largest absolute Gasteiger partial charge is 0.480 e. The monoisotopic (exact) mass is 235 g/mol. The number of aliphatic carboxylic acids is 1. The molecule has 0 amide bonds. The third kappa shape index (κ3) is 4.44. The van der Waals surface area contributed by atoms with E-state index in [4.69, 9.17) is 5.11 Å². The van der Waals surface area contributed by atoms with E-state index in [0.29, 0.717) is 0 Å². The van der Waals surface area contributed by atoms with E-state index in [1.807, 2.05) is 0 Å². The van der Waals surface area contributed by atoms with Gasteiger partial charge in [-0.1, -0.05) is 6.08 Å². The molecule has 0 aliphatic rings. The summed E-state index contributed by atoms with van der Waals surface area (Å²) >= 11 is 0. The van der Waals surface area contributed by atoms with Crippen LogP contribution in [0.15, 0.2) is 12.7 Å². The summed E-state index contributed by atoms with van der Waals surface area (Å²) in [6, 6.07) is 0. The van der Waals surface area contributed by atoms with E-state index in [-0.39, 0.29) is 6.54 Å². The Morgan fingerprint density at radius 2 is 1.93 bits per heavy atom. The Bertz CT molecular complexity index is 340. The Hall–Kier alpha value is -0.880. The highest BCUT2D eigenvalue weighted by Gasteiger charge is 2.33. The number of carbonyl (C=O) groups is 1. The molecule has 0 spiro atoms. The second-order valence-corrected chi connectivity index (χ2v) is 6.03. The molecule has 0 aromatic heterocycles. The summed E-state index contributed by atoms with van der Waals surface area (Å²) in [6.45, 7) is 8.68. The van der Waals surface area contributed by atoms with Crippen molar-refractivity contribution in [1.82, 2.24) is 4.31 Å². The Morgan fingerprint density at radius 1 is 1.47 bits per heavy atom. The molecule has 0 bridgehead atoms. The third-order valence-electron chi connectivity index (χ3n) is 1.68. The Kier molecular flexibility index (Phi) is 4.48. The summed E-state index contributed by atoms with van der Waals surface area (Å²) in [5.74, 6) is -2.24. The zero-order valence-corrected chi connectivity index (χ0v) is 10.0. The molecule has 15 heavy (non-hydrogen) atoms. The van der Waals surface area contributed by atoms with Crippen molar-refractivity contribution in [3.63, 3.8) is 0 Å². The van der Waals surface area contributed by atoms with Gasteiger partial charge in [0.15, 0.2) is 5.75 Å². The highest BCUT2D eigenvalue weighted by atomic mass is 32.2. The number of carboxylic acids is 1. The SMILES string of the molecule is C=CCN(C(C)(C)C)S(=O)(=O)CC(=O)O. The first-order valence-electron chi connectivity index (χ1n) is 4.44. The molecule has 0 heterocycles. The summed E-state index contributed by atoms with van der Waals surface area (Å²) in [6.07, 6.45) is 1.44. The maximum absolute atomic E-state index is 11.7. The molecule has 0 aromatic rings. The van der Waals surface area contributed by atoms with Gasteiger partial charge in [-0.15, -0.1) is 6.58 Å². The van der Waals surface area contributed by atoms with Crippen LogP contribution in [0.4, 0.5) is 0 Å². The van der Waals surface area contributed by atoms with Crippen molar-refractivity contribution in [2.24, 2.45) is 0 Å². The lowest BCUT2D eigenvalue weighted by Crippen LogP contribution is -2.47. The van der Waals surface area contributed by atoms with Gasteiger partial charge >= 0.3 is 5.97 Å². The highest BCUT2D eigenvalue weighted by molar-refractivity contribution is 7.89. The van der Waals surface area contributed by atoms with Crippen LogP contribution in [0, 0.1) is 0 Å². The molecule has 0 unspecified atom stereocenters. The van der Waals surface area contributed by atoms with Gasteiger partial charge in [0.25, 0.3) is 0 Å². The molecule has 0 saturated carbocycles. The lowest BCUT2D eigenvalue weighted by molar-refractivity contribution is -0.134. The fourth-order valence-electron chi connectivity index (χ4n) is 1.16. The molecule has 5 nitrogen and oxygen atoms in total. The summed E-state index contributed by atoms with van der Waals surface area (Å²) in [4.78, 5) is 10.4. The quantitative estimate of drug-likeness (QED) is 0.711. The second kappa shape index (κ2) is 4.76. The van der Waals surface area contributed by atoms with E-state index in [1.165, 1.54) is 6.08 Å². The molecule has 0 radical (unpaired) electrons. The maximum Gasteiger partial charge on any atom is 0.320 e. The van der Waals surface area contributed by atoms with Crippen LogP contribution in [0.5, 0.6) is 0 Å². The first kappa shape index (κ1) is 14.1. The highest BCUT2D eigenvalue weighted by Crippen LogP contribution is 2.18. The molecule has 6 heteroatoms. The third-order valence-corrected chi connectivity index (χ3v) is 3.66. The van der Waals surface area contributed by atoms with Gasteiger partial charge in [0.2, 0.25) is 10.0 Å². The minimum absolute atomic E-state index is 0.110. The number of hydrogen-bond donors (Lipinski definition) is 1. The smallest absolute Gasteiger partial charge is 0.320 e. The summed E-state index contributed by atoms with van der Waals surface area (Å²) < 4.78 is 24.5. The fraction of sp³-hybridized carbons (Fsp3) is 0.667. The number of rotatable bonds is 5. The molecule has 0 aliphatic heterocycles. The van der Waals surface area contributed by atoms with E-state index < -0.39 is 27.3 Å². The van der Waals surface area contributed by atoms with Gasteiger partial charge in [-0.3, -0.25) is 4.79 Å². The predicted octanol–water partition coefficient (Wildman–Crippen LogP) is 0.687. The lowest BCUT2D eigenvalue weighted by Gasteiger charge is -2.33. The van der Waals surface area contributed by atoms with Gasteiger partial charge in [0, 0.05) is 12.1 Å². The van der Waals surface area contributed by atoms with Crippen LogP contribution in [0.1, 0.15) is 20.8 Å². The van der Waals surface area contributed by atoms with Crippen molar-refractivity contribution in [2.45, 2.75) is 26.3 Å². The lowest BCUT2D eigenvalue weighted by atomic mass is 10.1. The first-order chi connectivity index (χ1) is 6.61. The standard InChI is InChI=1S/C9H17NO4S/c1-5-6-10(9(2,3)4)15(13,14)7-8(11)12/h5H,1,6-7H2,2-4H3,(H,11,12). The van der Waals surface area contributed by atoms with E-state index in [9.17, 15) is 13.2 Å². The zero-order chi connectivity index (χ0) is 12.3. The molecular weight excluding hydrogens is 218 g/mol. The van der Waals surface area contributed by atoms with E-state index in [0.717, 1.165) is 4.31 Å². The normalized spacial score (nSPS) is 12.8. The van der Waals surface area contributed by atoms with E-state index >= 15 is 0 Å². The van der Waals surface area contributed by atoms with Gasteiger partial charge in [-0.05, 0) is 20.8 Å². The topological polar surface area (TPSA) is 74.7 Å². The molecular formula is C9H17NO4S. The van der Waals surface area contributed by atoms with Crippen LogP contribution < -0.4 is 0 Å². The molecule has 0 fully saturated rings. The average Bonchev–Trinajstić information content (AvgIpc) is 1.94. The predicted molar refractivity (Wildman–Crippen MR) is 58.1 cm³/mol. The molecule has 88 valence electrons. The Balaban J connectivity index is 5.08. The number of nitrogens with zero attached hydrogens (tertiary/aromatic N) is 1. The number of hydrogen-bond acceptors (Lipinski definition) is 3. The van der Waals surface area contributed by atoms with Gasteiger partial charge < -0.3 is 5.11 Å². The van der Waals surface area contributed by atoms with Gasteiger partial charge in [0.1, 0.15) is 0 Å². The minimum Gasteiger partial charge on any atom is -0.480 e. The second-order valence-electron chi connectivity index (χ2n) is 4.14. The van der Waals surface area contributed by atoms with Gasteiger partial charge in [-0.2, -0.15) is 4.31 Å². The zero-order valence-electron chi connectivity index (χ0n) is 9.23. The van der Waals surface area contributed by atoms with Crippen molar-refractivity contribution in [2.75, 3.05) is 12.3 Å². The van der Waals surface area contributed by atoms with Crippen molar-refractivity contribution >= 4 is 16.0 Å². The summed E-state index contributed by atoms with van der Waals surface area (Å²) in [5, 5.41) is 8.50. The molecule has 0 aromatic carbocycles. The van der Waals surface area contributed by atoms with E-state index in [1.54, 1.807) is 20.8 Å². The van der Waals surface area contributed by atoms with Crippen LogP contribution in [-0.4, -0.2) is 41.6 Å². The summed E-state index contributed by atoms with van der Waals surface area (Å²) in [5.41, 5.74) is -0.650. The van der Waals surface area contributed by atoms with Crippen LogP contribution in [0.25, 0.3) is 0 Å². The minimum atomic E-state index is -3.78. The van der Waals surface area contributed by atoms with Crippen molar-refractivity contribution in [1.29, 1.82) is 0 Å². The Morgan fingerprint density at radius 3 is 2.20 bits per heavy atom. The molecule has 0 atom stereocenters. The molecule has 0 saturated heterocycles. The first-order valence-corrected chi connectivity index (χ1v) is 6.05. The van der Waals surface area contributed by atoms with Crippen LogP contribution in [0.2, 0.25) is 0 Å². The van der Waals surface area contributed by atoms with Crippen molar-refractivity contribution in [3.05, 3.63) is 12.7 Å². The van der Waals surface area contributed by atoms with Crippen LogP contribution in [-0.2, 0) is 14.8 Å². The van der Waals surface area contributed by atoms with E-state index in [2.05, 4.69) is 6.58 Å². The maximum atomic E-state index is 11.7. The fourth-order valence-corrected chi connectivity index (χ4v) is 2.79. The van der Waals surface area contributed by atoms with Gasteiger partial charge in [0.05, 0.1) is 0 Å². The molecule has 1 N–H and O–H groups in total. The molecule has 0 rings (SSSR count). The summed E-state index contributed by atoms with van der Waals surface area (Å²) in [7, 11) is -3.78. The van der Waals surface area contributed by atoms with Crippen molar-refractivity contribution in [3.8, 4) is 0 Å². The number of carboxylic acid groups (broad SMARTS) is 1. The van der Waals surface area contributed by atoms with Crippen LogP contribution in [0.3, 0.4) is 0 Å². The van der Waals surface area contributed by atoms with Crippen molar-refractivity contribution < 1.29 is 18.3 Å².